The van der Waals surface area contributed by atoms with Gasteiger partial charge in [0, 0.05) is 25.7 Å². The van der Waals surface area contributed by atoms with Crippen molar-refractivity contribution in [3.63, 3.8) is 0 Å². The SMILES string of the molecule is CC1CCC(C(CN)N(C)CC2CCN(C)C2)CC1. The minimum atomic E-state index is 0.610. The molecule has 0 radical (unpaired) electrons. The highest BCUT2D eigenvalue weighted by Crippen LogP contribution is 2.32. The topological polar surface area (TPSA) is 32.5 Å². The van der Waals surface area contributed by atoms with Crippen LogP contribution in [0.3, 0.4) is 0 Å². The average Bonchev–Trinajstić information content (AvgIpc) is 2.78. The van der Waals surface area contributed by atoms with E-state index in [4.69, 9.17) is 5.73 Å². The molecule has 0 aromatic carbocycles. The van der Waals surface area contributed by atoms with Crippen LogP contribution in [0, 0.1) is 17.8 Å². The Kier molecular flexibility index (Phi) is 5.67. The highest BCUT2D eigenvalue weighted by atomic mass is 15.2. The minimum absolute atomic E-state index is 0.610. The van der Waals surface area contributed by atoms with Gasteiger partial charge in [0.2, 0.25) is 0 Å². The molecular formula is C16H33N3. The summed E-state index contributed by atoms with van der Waals surface area (Å²) < 4.78 is 0. The van der Waals surface area contributed by atoms with E-state index in [0.29, 0.717) is 6.04 Å². The number of hydrogen-bond donors (Lipinski definition) is 1. The normalized spacial score (nSPS) is 34.9. The molecule has 0 aromatic heterocycles. The Morgan fingerprint density at radius 2 is 1.89 bits per heavy atom. The van der Waals surface area contributed by atoms with Crippen molar-refractivity contribution < 1.29 is 0 Å². The van der Waals surface area contributed by atoms with Gasteiger partial charge in [0.1, 0.15) is 0 Å². The maximum atomic E-state index is 6.09. The molecule has 0 aromatic rings. The summed E-state index contributed by atoms with van der Waals surface area (Å²) in [4.78, 5) is 5.03. The third-order valence-corrected chi connectivity index (χ3v) is 5.45. The van der Waals surface area contributed by atoms with E-state index in [-0.39, 0.29) is 0 Å². The lowest BCUT2D eigenvalue weighted by molar-refractivity contribution is 0.121. The monoisotopic (exact) mass is 267 g/mol. The fourth-order valence-corrected chi connectivity index (χ4v) is 4.12. The lowest BCUT2D eigenvalue weighted by atomic mass is 9.78. The van der Waals surface area contributed by atoms with Gasteiger partial charge in [0.05, 0.1) is 0 Å². The second-order valence-corrected chi connectivity index (χ2v) is 7.18. The molecule has 2 unspecified atom stereocenters. The molecule has 2 atom stereocenters. The van der Waals surface area contributed by atoms with Gasteiger partial charge in [0.15, 0.2) is 0 Å². The maximum Gasteiger partial charge on any atom is 0.0243 e. The Morgan fingerprint density at radius 1 is 1.21 bits per heavy atom. The summed E-state index contributed by atoms with van der Waals surface area (Å²) in [7, 11) is 4.54. The fraction of sp³-hybridized carbons (Fsp3) is 1.00. The Balaban J connectivity index is 1.82. The van der Waals surface area contributed by atoms with Crippen molar-refractivity contribution in [3.8, 4) is 0 Å². The lowest BCUT2D eigenvalue weighted by Gasteiger charge is -2.38. The summed E-state index contributed by atoms with van der Waals surface area (Å²) in [6.45, 7) is 7.00. The first-order valence-corrected chi connectivity index (χ1v) is 8.19. The van der Waals surface area contributed by atoms with E-state index in [2.05, 4.69) is 30.8 Å². The summed E-state index contributed by atoms with van der Waals surface area (Å²) in [6.07, 6.45) is 6.94. The second-order valence-electron chi connectivity index (χ2n) is 7.18. The molecule has 1 aliphatic heterocycles. The maximum absolute atomic E-state index is 6.09. The third-order valence-electron chi connectivity index (χ3n) is 5.45. The van der Waals surface area contributed by atoms with Gasteiger partial charge >= 0.3 is 0 Å². The molecule has 3 heteroatoms. The van der Waals surface area contributed by atoms with Crippen LogP contribution in [0.1, 0.15) is 39.0 Å². The summed E-state index contributed by atoms with van der Waals surface area (Å²) >= 11 is 0. The van der Waals surface area contributed by atoms with Gasteiger partial charge in [-0.05, 0) is 57.7 Å². The van der Waals surface area contributed by atoms with Crippen LogP contribution in [-0.4, -0.2) is 56.1 Å². The van der Waals surface area contributed by atoms with Crippen LogP contribution >= 0.6 is 0 Å². The molecule has 3 nitrogen and oxygen atoms in total. The van der Waals surface area contributed by atoms with Gasteiger partial charge in [0.25, 0.3) is 0 Å². The van der Waals surface area contributed by atoms with Crippen LogP contribution in [0.2, 0.25) is 0 Å². The van der Waals surface area contributed by atoms with E-state index < -0.39 is 0 Å². The number of nitrogens with two attached hydrogens (primary N) is 1. The first kappa shape index (κ1) is 15.3. The predicted octanol–water partition coefficient (Wildman–Crippen LogP) is 2.02. The largest absolute Gasteiger partial charge is 0.329 e. The molecule has 1 saturated heterocycles. The standard InChI is InChI=1S/C16H33N3/c1-13-4-6-15(7-5-13)16(10-17)19(3)12-14-8-9-18(2)11-14/h13-16H,4-12,17H2,1-3H3. The Bertz CT molecular complexity index is 261. The minimum Gasteiger partial charge on any atom is -0.329 e. The summed E-state index contributed by atoms with van der Waals surface area (Å²) in [5.74, 6) is 2.63. The van der Waals surface area contributed by atoms with Crippen LogP contribution in [0.25, 0.3) is 0 Å². The number of nitrogens with zero attached hydrogens (tertiary/aromatic N) is 2. The van der Waals surface area contributed by atoms with Gasteiger partial charge in [-0.2, -0.15) is 0 Å². The van der Waals surface area contributed by atoms with Crippen molar-refractivity contribution in [1.82, 2.24) is 9.80 Å². The van der Waals surface area contributed by atoms with Gasteiger partial charge in [-0.25, -0.2) is 0 Å². The first-order valence-electron chi connectivity index (χ1n) is 8.19. The Labute approximate surface area is 119 Å². The number of likely N-dealkylation sites (tertiary alicyclic amines) is 1. The molecule has 19 heavy (non-hydrogen) atoms. The van der Waals surface area contributed by atoms with Gasteiger partial charge < -0.3 is 15.5 Å². The number of likely N-dealkylation sites (N-methyl/N-ethyl adjacent to an activating group) is 1. The summed E-state index contributed by atoms with van der Waals surface area (Å²) in [5.41, 5.74) is 6.09. The molecule has 1 heterocycles. The molecular weight excluding hydrogens is 234 g/mol. The molecule has 1 saturated carbocycles. The van der Waals surface area contributed by atoms with Crippen LogP contribution in [0.4, 0.5) is 0 Å². The number of hydrogen-bond acceptors (Lipinski definition) is 3. The van der Waals surface area contributed by atoms with Crippen molar-refractivity contribution in [1.29, 1.82) is 0 Å². The molecule has 0 amide bonds. The second kappa shape index (κ2) is 7.05. The molecule has 0 bridgehead atoms. The predicted molar refractivity (Wildman–Crippen MR) is 82.2 cm³/mol. The van der Waals surface area contributed by atoms with Crippen LogP contribution in [-0.2, 0) is 0 Å². The van der Waals surface area contributed by atoms with Gasteiger partial charge in [-0.1, -0.05) is 19.8 Å². The molecule has 2 aliphatic rings. The molecule has 0 spiro atoms. The van der Waals surface area contributed by atoms with Crippen molar-refractivity contribution in [2.45, 2.75) is 45.1 Å². The molecule has 2 fully saturated rings. The molecule has 2 N–H and O–H groups in total. The molecule has 1 aliphatic carbocycles. The lowest BCUT2D eigenvalue weighted by Crippen LogP contribution is -2.46. The average molecular weight is 267 g/mol. The summed E-state index contributed by atoms with van der Waals surface area (Å²) in [6, 6.07) is 0.610. The van der Waals surface area contributed by atoms with E-state index in [0.717, 1.165) is 24.3 Å². The molecule has 2 rings (SSSR count). The fourth-order valence-electron chi connectivity index (χ4n) is 4.12. The van der Waals surface area contributed by atoms with Crippen molar-refractivity contribution in [3.05, 3.63) is 0 Å². The van der Waals surface area contributed by atoms with E-state index in [1.807, 2.05) is 0 Å². The Hall–Kier alpha value is -0.120. The smallest absolute Gasteiger partial charge is 0.0243 e. The third kappa shape index (κ3) is 4.17. The highest BCUT2D eigenvalue weighted by Gasteiger charge is 2.30. The van der Waals surface area contributed by atoms with Crippen LogP contribution in [0.5, 0.6) is 0 Å². The van der Waals surface area contributed by atoms with Crippen LogP contribution < -0.4 is 5.73 Å². The zero-order chi connectivity index (χ0) is 13.8. The van der Waals surface area contributed by atoms with Gasteiger partial charge in [-0.15, -0.1) is 0 Å². The zero-order valence-corrected chi connectivity index (χ0v) is 13.1. The van der Waals surface area contributed by atoms with E-state index in [9.17, 15) is 0 Å². The quantitative estimate of drug-likeness (QED) is 0.827. The summed E-state index contributed by atoms with van der Waals surface area (Å²) in [5, 5.41) is 0. The molecule has 112 valence electrons. The van der Waals surface area contributed by atoms with Gasteiger partial charge in [-0.3, -0.25) is 0 Å². The van der Waals surface area contributed by atoms with E-state index in [1.54, 1.807) is 0 Å². The zero-order valence-electron chi connectivity index (χ0n) is 13.1. The van der Waals surface area contributed by atoms with Crippen molar-refractivity contribution >= 4 is 0 Å². The van der Waals surface area contributed by atoms with E-state index >= 15 is 0 Å². The number of rotatable bonds is 5. The highest BCUT2D eigenvalue weighted by molar-refractivity contribution is 4.85. The van der Waals surface area contributed by atoms with E-state index in [1.165, 1.54) is 51.7 Å². The van der Waals surface area contributed by atoms with Crippen LogP contribution in [0.15, 0.2) is 0 Å². The Morgan fingerprint density at radius 3 is 2.42 bits per heavy atom. The first-order chi connectivity index (χ1) is 9.10. The van der Waals surface area contributed by atoms with Crippen molar-refractivity contribution in [2.24, 2.45) is 23.5 Å². The van der Waals surface area contributed by atoms with Crippen molar-refractivity contribution in [2.75, 3.05) is 40.3 Å².